The average molecular weight is 439 g/mol. The predicted octanol–water partition coefficient (Wildman–Crippen LogP) is 4.00. The summed E-state index contributed by atoms with van der Waals surface area (Å²) in [5, 5.41) is 2.89. The first kappa shape index (κ1) is 18.6. The summed E-state index contributed by atoms with van der Waals surface area (Å²) < 4.78 is 6.36. The number of rotatable bonds is 4. The zero-order chi connectivity index (χ0) is 19.3. The van der Waals surface area contributed by atoms with Crippen LogP contribution in [-0.4, -0.2) is 42.2 Å². The number of nitrogens with zero attached hydrogens (tertiary/aromatic N) is 3. The van der Waals surface area contributed by atoms with Crippen molar-refractivity contribution in [2.75, 3.05) is 36.5 Å². The van der Waals surface area contributed by atoms with Gasteiger partial charge in [0.15, 0.2) is 0 Å². The second kappa shape index (κ2) is 8.50. The molecule has 0 atom stereocenters. The fourth-order valence-corrected chi connectivity index (χ4v) is 3.26. The van der Waals surface area contributed by atoms with Gasteiger partial charge in [-0.1, -0.05) is 28.1 Å². The number of amides is 1. The molecule has 4 rings (SSSR count). The molecule has 1 aliphatic rings. The molecule has 142 valence electrons. The zero-order valence-electron chi connectivity index (χ0n) is 15.1. The Labute approximate surface area is 171 Å². The van der Waals surface area contributed by atoms with Gasteiger partial charge in [0.2, 0.25) is 0 Å². The maximum atomic E-state index is 12.4. The van der Waals surface area contributed by atoms with E-state index in [0.29, 0.717) is 18.8 Å². The molecule has 1 amide bonds. The number of aromatic nitrogens is 2. The SMILES string of the molecule is O=C(Nc1ccc(Br)cc1)c1ccc(-c2cc(N3CCOCC3)ncn2)cc1. The van der Waals surface area contributed by atoms with Crippen molar-refractivity contribution in [2.45, 2.75) is 0 Å². The van der Waals surface area contributed by atoms with Crippen molar-refractivity contribution >= 4 is 33.3 Å². The molecule has 1 aromatic heterocycles. The maximum absolute atomic E-state index is 12.4. The second-order valence-corrected chi connectivity index (χ2v) is 7.31. The van der Waals surface area contributed by atoms with Crippen LogP contribution in [0.4, 0.5) is 11.5 Å². The standard InChI is InChI=1S/C21H19BrN4O2/c22-17-5-7-18(8-6-17)25-21(27)16-3-1-15(2-4-16)19-13-20(24-14-23-19)26-9-11-28-12-10-26/h1-8,13-14H,9-12H2,(H,25,27). The van der Waals surface area contributed by atoms with E-state index in [1.807, 2.05) is 42.5 Å². The van der Waals surface area contributed by atoms with Crippen LogP contribution in [0.2, 0.25) is 0 Å². The van der Waals surface area contributed by atoms with Crippen LogP contribution in [0.3, 0.4) is 0 Å². The Morgan fingerprint density at radius 1 is 1.00 bits per heavy atom. The molecule has 7 heteroatoms. The maximum Gasteiger partial charge on any atom is 0.255 e. The molecular formula is C21H19BrN4O2. The van der Waals surface area contributed by atoms with E-state index in [4.69, 9.17) is 4.74 Å². The van der Waals surface area contributed by atoms with E-state index in [0.717, 1.165) is 40.3 Å². The summed E-state index contributed by atoms with van der Waals surface area (Å²) in [6.45, 7) is 3.07. The fraction of sp³-hybridized carbons (Fsp3) is 0.190. The van der Waals surface area contributed by atoms with E-state index in [1.54, 1.807) is 18.5 Å². The van der Waals surface area contributed by atoms with Crippen molar-refractivity contribution in [3.63, 3.8) is 0 Å². The highest BCUT2D eigenvalue weighted by atomic mass is 79.9. The first-order valence-electron chi connectivity index (χ1n) is 9.01. The number of nitrogens with one attached hydrogen (secondary N) is 1. The Balaban J connectivity index is 1.48. The molecule has 1 fully saturated rings. The van der Waals surface area contributed by atoms with Gasteiger partial charge in [-0.2, -0.15) is 0 Å². The Morgan fingerprint density at radius 3 is 2.43 bits per heavy atom. The summed E-state index contributed by atoms with van der Waals surface area (Å²) >= 11 is 3.38. The molecule has 28 heavy (non-hydrogen) atoms. The molecule has 0 spiro atoms. The molecule has 0 saturated carbocycles. The number of halogens is 1. The fourth-order valence-electron chi connectivity index (χ4n) is 3.00. The van der Waals surface area contributed by atoms with Gasteiger partial charge in [0.1, 0.15) is 12.1 Å². The lowest BCUT2D eigenvalue weighted by Gasteiger charge is -2.27. The number of carbonyl (C=O) groups is 1. The van der Waals surface area contributed by atoms with Gasteiger partial charge in [0.05, 0.1) is 18.9 Å². The molecule has 3 aromatic rings. The molecule has 2 heterocycles. The average Bonchev–Trinajstić information content (AvgIpc) is 2.76. The van der Waals surface area contributed by atoms with Crippen molar-refractivity contribution in [2.24, 2.45) is 0 Å². The smallest absolute Gasteiger partial charge is 0.255 e. The van der Waals surface area contributed by atoms with Gasteiger partial charge in [0, 0.05) is 40.4 Å². The van der Waals surface area contributed by atoms with Gasteiger partial charge in [0.25, 0.3) is 5.91 Å². The molecular weight excluding hydrogens is 420 g/mol. The highest BCUT2D eigenvalue weighted by Crippen LogP contribution is 2.22. The lowest BCUT2D eigenvalue weighted by atomic mass is 10.1. The van der Waals surface area contributed by atoms with Crippen LogP contribution in [0, 0.1) is 0 Å². The summed E-state index contributed by atoms with van der Waals surface area (Å²) in [6.07, 6.45) is 1.58. The Morgan fingerprint density at radius 2 is 1.71 bits per heavy atom. The van der Waals surface area contributed by atoms with Gasteiger partial charge in [-0.25, -0.2) is 9.97 Å². The number of anilines is 2. The molecule has 0 aliphatic carbocycles. The molecule has 2 aromatic carbocycles. The Kier molecular flexibility index (Phi) is 5.64. The van der Waals surface area contributed by atoms with Crippen molar-refractivity contribution in [1.29, 1.82) is 0 Å². The quantitative estimate of drug-likeness (QED) is 0.666. The number of benzene rings is 2. The normalized spacial score (nSPS) is 14.0. The van der Waals surface area contributed by atoms with E-state index < -0.39 is 0 Å². The molecule has 6 nitrogen and oxygen atoms in total. The van der Waals surface area contributed by atoms with Gasteiger partial charge in [-0.15, -0.1) is 0 Å². The third-order valence-electron chi connectivity index (χ3n) is 4.53. The summed E-state index contributed by atoms with van der Waals surface area (Å²) in [5.74, 6) is 0.746. The molecule has 0 unspecified atom stereocenters. The molecule has 1 saturated heterocycles. The lowest BCUT2D eigenvalue weighted by Crippen LogP contribution is -2.36. The van der Waals surface area contributed by atoms with Crippen LogP contribution >= 0.6 is 15.9 Å². The Bertz CT molecular complexity index is 955. The van der Waals surface area contributed by atoms with E-state index in [-0.39, 0.29) is 5.91 Å². The second-order valence-electron chi connectivity index (χ2n) is 6.40. The Hall–Kier alpha value is -2.77. The molecule has 0 bridgehead atoms. The van der Waals surface area contributed by atoms with Crippen LogP contribution in [0.5, 0.6) is 0 Å². The number of hydrogen-bond donors (Lipinski definition) is 1. The van der Waals surface area contributed by atoms with Crippen LogP contribution < -0.4 is 10.2 Å². The minimum Gasteiger partial charge on any atom is -0.378 e. The zero-order valence-corrected chi connectivity index (χ0v) is 16.7. The van der Waals surface area contributed by atoms with E-state index >= 15 is 0 Å². The van der Waals surface area contributed by atoms with Crippen LogP contribution in [0.15, 0.2) is 65.4 Å². The molecule has 0 radical (unpaired) electrons. The monoisotopic (exact) mass is 438 g/mol. The summed E-state index contributed by atoms with van der Waals surface area (Å²) in [5.41, 5.74) is 3.12. The minimum absolute atomic E-state index is 0.148. The highest BCUT2D eigenvalue weighted by Gasteiger charge is 2.14. The van der Waals surface area contributed by atoms with Crippen LogP contribution in [-0.2, 0) is 4.74 Å². The topological polar surface area (TPSA) is 67.4 Å². The van der Waals surface area contributed by atoms with Crippen LogP contribution in [0.1, 0.15) is 10.4 Å². The summed E-state index contributed by atoms with van der Waals surface area (Å²) in [6, 6.07) is 16.9. The van der Waals surface area contributed by atoms with E-state index in [1.165, 1.54) is 0 Å². The first-order valence-corrected chi connectivity index (χ1v) is 9.80. The number of hydrogen-bond acceptors (Lipinski definition) is 5. The van der Waals surface area contributed by atoms with E-state index in [9.17, 15) is 4.79 Å². The van der Waals surface area contributed by atoms with Gasteiger partial charge in [-0.05, 0) is 36.4 Å². The first-order chi connectivity index (χ1) is 13.7. The predicted molar refractivity (Wildman–Crippen MR) is 113 cm³/mol. The van der Waals surface area contributed by atoms with Crippen molar-refractivity contribution in [1.82, 2.24) is 9.97 Å². The van der Waals surface area contributed by atoms with Gasteiger partial charge in [-0.3, -0.25) is 4.79 Å². The van der Waals surface area contributed by atoms with Crippen molar-refractivity contribution in [3.8, 4) is 11.3 Å². The molecule has 1 aliphatic heterocycles. The van der Waals surface area contributed by atoms with Gasteiger partial charge >= 0.3 is 0 Å². The van der Waals surface area contributed by atoms with Crippen molar-refractivity contribution < 1.29 is 9.53 Å². The largest absolute Gasteiger partial charge is 0.378 e. The number of morpholine rings is 1. The highest BCUT2D eigenvalue weighted by molar-refractivity contribution is 9.10. The minimum atomic E-state index is -0.148. The van der Waals surface area contributed by atoms with E-state index in [2.05, 4.69) is 36.1 Å². The molecule has 1 N–H and O–H groups in total. The third kappa shape index (κ3) is 4.37. The van der Waals surface area contributed by atoms with Crippen molar-refractivity contribution in [3.05, 3.63) is 71.0 Å². The third-order valence-corrected chi connectivity index (χ3v) is 5.06. The van der Waals surface area contributed by atoms with Crippen LogP contribution in [0.25, 0.3) is 11.3 Å². The number of carbonyl (C=O) groups excluding carboxylic acids is 1. The lowest BCUT2D eigenvalue weighted by molar-refractivity contribution is 0.102. The summed E-state index contributed by atoms with van der Waals surface area (Å²) in [4.78, 5) is 23.4. The number of ether oxygens (including phenoxy) is 1. The summed E-state index contributed by atoms with van der Waals surface area (Å²) in [7, 11) is 0. The van der Waals surface area contributed by atoms with Gasteiger partial charge < -0.3 is 15.0 Å².